The van der Waals surface area contributed by atoms with Crippen LogP contribution >= 0.6 is 34.8 Å². The van der Waals surface area contributed by atoms with Crippen molar-refractivity contribution in [1.82, 2.24) is 4.90 Å². The maximum atomic E-state index is 13.4. The zero-order chi connectivity index (χ0) is 16.5. The SMILES string of the molecule is COc1ccc2c(C(=S)N(C)CI)cccc2c1C(F)(F)F. The molecule has 2 aromatic carbocycles. The van der Waals surface area contributed by atoms with E-state index in [4.69, 9.17) is 17.0 Å². The van der Waals surface area contributed by atoms with Crippen molar-refractivity contribution in [2.24, 2.45) is 0 Å². The fourth-order valence-corrected chi connectivity index (χ4v) is 3.06. The number of benzene rings is 2. The van der Waals surface area contributed by atoms with E-state index in [0.29, 0.717) is 20.5 Å². The fraction of sp³-hybridized carbons (Fsp3) is 0.267. The molecule has 2 nitrogen and oxygen atoms in total. The monoisotopic (exact) mass is 439 g/mol. The Labute approximate surface area is 145 Å². The van der Waals surface area contributed by atoms with Crippen LogP contribution < -0.4 is 4.74 Å². The fourth-order valence-electron chi connectivity index (χ4n) is 2.25. The van der Waals surface area contributed by atoms with Gasteiger partial charge in [-0.2, -0.15) is 13.2 Å². The summed E-state index contributed by atoms with van der Waals surface area (Å²) >= 11 is 7.52. The van der Waals surface area contributed by atoms with Crippen LogP contribution in [0.15, 0.2) is 30.3 Å². The molecule has 0 amide bonds. The van der Waals surface area contributed by atoms with E-state index < -0.39 is 11.7 Å². The van der Waals surface area contributed by atoms with Crippen LogP contribution in [-0.2, 0) is 6.18 Å². The minimum absolute atomic E-state index is 0.0913. The molecule has 0 saturated heterocycles. The molecule has 0 aliphatic carbocycles. The molecule has 0 aromatic heterocycles. The number of halogens is 4. The average molecular weight is 439 g/mol. The number of thiocarbonyl (C=S) groups is 1. The predicted octanol–water partition coefficient (Wildman–Crippen LogP) is 4.87. The Morgan fingerprint density at radius 1 is 1.23 bits per heavy atom. The summed E-state index contributed by atoms with van der Waals surface area (Å²) in [6, 6.07) is 7.71. The molecule has 2 rings (SSSR count). The first kappa shape index (κ1) is 17.3. The molecule has 0 bridgehead atoms. The van der Waals surface area contributed by atoms with E-state index in [-0.39, 0.29) is 11.1 Å². The molecule has 0 radical (unpaired) electrons. The highest BCUT2D eigenvalue weighted by Gasteiger charge is 2.36. The highest BCUT2D eigenvalue weighted by Crippen LogP contribution is 2.41. The summed E-state index contributed by atoms with van der Waals surface area (Å²) in [4.78, 5) is 2.32. The molecule has 0 aliphatic rings. The third-order valence-corrected chi connectivity index (χ3v) is 4.84. The van der Waals surface area contributed by atoms with Crippen molar-refractivity contribution in [3.63, 3.8) is 0 Å². The largest absolute Gasteiger partial charge is 0.496 e. The van der Waals surface area contributed by atoms with Crippen LogP contribution in [0.3, 0.4) is 0 Å². The Kier molecular flexibility index (Phi) is 5.16. The summed E-state index contributed by atoms with van der Waals surface area (Å²) in [5, 5.41) is 0.561. The van der Waals surface area contributed by atoms with E-state index >= 15 is 0 Å². The summed E-state index contributed by atoms with van der Waals surface area (Å²) in [5.74, 6) is -0.190. The molecule has 0 unspecified atom stereocenters. The van der Waals surface area contributed by atoms with Crippen molar-refractivity contribution in [2.75, 3.05) is 18.7 Å². The van der Waals surface area contributed by atoms with Crippen LogP contribution in [0.5, 0.6) is 5.75 Å². The molecule has 7 heteroatoms. The van der Waals surface area contributed by atoms with Crippen molar-refractivity contribution in [1.29, 1.82) is 0 Å². The van der Waals surface area contributed by atoms with Crippen LogP contribution in [-0.4, -0.2) is 28.6 Å². The Morgan fingerprint density at radius 2 is 1.91 bits per heavy atom. The summed E-state index contributed by atoms with van der Waals surface area (Å²) in [6.45, 7) is 0. The van der Waals surface area contributed by atoms with Crippen molar-refractivity contribution in [3.8, 4) is 5.75 Å². The van der Waals surface area contributed by atoms with E-state index in [9.17, 15) is 13.2 Å². The number of nitrogens with zero attached hydrogens (tertiary/aromatic N) is 1. The van der Waals surface area contributed by atoms with Crippen molar-refractivity contribution in [2.45, 2.75) is 6.18 Å². The maximum Gasteiger partial charge on any atom is 0.420 e. The third kappa shape index (κ3) is 3.15. The molecule has 22 heavy (non-hydrogen) atoms. The Balaban J connectivity index is 2.78. The number of hydrogen-bond acceptors (Lipinski definition) is 2. The van der Waals surface area contributed by atoms with Crippen LogP contribution in [0.4, 0.5) is 13.2 Å². The van der Waals surface area contributed by atoms with E-state index in [2.05, 4.69) is 22.6 Å². The number of hydrogen-bond donors (Lipinski definition) is 0. The van der Waals surface area contributed by atoms with Gasteiger partial charge in [-0.3, -0.25) is 0 Å². The summed E-state index contributed by atoms with van der Waals surface area (Å²) in [6.07, 6.45) is -4.50. The van der Waals surface area contributed by atoms with E-state index in [1.54, 1.807) is 18.2 Å². The number of rotatable bonds is 3. The topological polar surface area (TPSA) is 12.5 Å². The molecule has 2 aromatic rings. The van der Waals surface area contributed by atoms with Gasteiger partial charge in [-0.25, -0.2) is 0 Å². The first-order valence-corrected chi connectivity index (χ1v) is 8.23. The van der Waals surface area contributed by atoms with Gasteiger partial charge < -0.3 is 9.64 Å². The van der Waals surface area contributed by atoms with Gasteiger partial charge in [0, 0.05) is 12.6 Å². The molecule has 0 N–H and O–H groups in total. The van der Waals surface area contributed by atoms with Gasteiger partial charge in [0.15, 0.2) is 0 Å². The lowest BCUT2D eigenvalue weighted by Gasteiger charge is -2.20. The molecule has 0 heterocycles. The maximum absolute atomic E-state index is 13.4. The molecule has 118 valence electrons. The first-order chi connectivity index (χ1) is 10.3. The van der Waals surface area contributed by atoms with Crippen LogP contribution in [0.1, 0.15) is 11.1 Å². The molecule has 0 fully saturated rings. The first-order valence-electron chi connectivity index (χ1n) is 6.29. The highest BCUT2D eigenvalue weighted by atomic mass is 127. The molecule has 0 atom stereocenters. The number of alkyl halides is 4. The van der Waals surface area contributed by atoms with Gasteiger partial charge in [0.1, 0.15) is 16.3 Å². The zero-order valence-corrected chi connectivity index (χ0v) is 14.8. The van der Waals surface area contributed by atoms with Crippen LogP contribution in [0.2, 0.25) is 0 Å². The molecule has 0 spiro atoms. The molecular weight excluding hydrogens is 426 g/mol. The number of methoxy groups -OCH3 is 1. The van der Waals surface area contributed by atoms with Gasteiger partial charge in [0.05, 0.1) is 11.7 Å². The Morgan fingerprint density at radius 3 is 2.45 bits per heavy atom. The zero-order valence-electron chi connectivity index (χ0n) is 11.9. The lowest BCUT2D eigenvalue weighted by atomic mass is 9.98. The van der Waals surface area contributed by atoms with Crippen molar-refractivity contribution >= 4 is 50.6 Å². The number of fused-ring (bicyclic) bond motifs is 1. The van der Waals surface area contributed by atoms with Crippen molar-refractivity contribution in [3.05, 3.63) is 41.5 Å². The van der Waals surface area contributed by atoms with Crippen LogP contribution in [0, 0.1) is 0 Å². The second-order valence-electron chi connectivity index (χ2n) is 4.66. The lowest BCUT2D eigenvalue weighted by molar-refractivity contribution is -0.137. The molecule has 0 saturated carbocycles. The minimum atomic E-state index is -4.50. The smallest absolute Gasteiger partial charge is 0.420 e. The van der Waals surface area contributed by atoms with Crippen molar-refractivity contribution < 1.29 is 17.9 Å². The van der Waals surface area contributed by atoms with Gasteiger partial charge in [-0.15, -0.1) is 0 Å². The normalized spacial score (nSPS) is 11.5. The van der Waals surface area contributed by atoms with Gasteiger partial charge in [0.25, 0.3) is 0 Å². The summed E-state index contributed by atoms with van der Waals surface area (Å²) in [7, 11) is 3.04. The summed E-state index contributed by atoms with van der Waals surface area (Å²) < 4.78 is 45.7. The summed E-state index contributed by atoms with van der Waals surface area (Å²) in [5.41, 5.74) is -0.158. The Bertz CT molecular complexity index is 718. The average Bonchev–Trinajstić information content (AvgIpc) is 2.50. The predicted molar refractivity (Wildman–Crippen MR) is 93.9 cm³/mol. The lowest BCUT2D eigenvalue weighted by Crippen LogP contribution is -2.24. The molecule has 0 aliphatic heterocycles. The highest BCUT2D eigenvalue weighted by molar-refractivity contribution is 14.1. The Hall–Kier alpha value is -1.09. The van der Waals surface area contributed by atoms with Gasteiger partial charge in [-0.05, 0) is 22.9 Å². The quantitative estimate of drug-likeness (QED) is 0.293. The minimum Gasteiger partial charge on any atom is -0.496 e. The number of ether oxygens (including phenoxy) is 1. The van der Waals surface area contributed by atoms with E-state index in [1.165, 1.54) is 19.2 Å². The second kappa shape index (κ2) is 6.57. The van der Waals surface area contributed by atoms with Gasteiger partial charge >= 0.3 is 6.18 Å². The van der Waals surface area contributed by atoms with Gasteiger partial charge in [0.2, 0.25) is 0 Å². The van der Waals surface area contributed by atoms with E-state index in [0.717, 1.165) is 0 Å². The standard InChI is InChI=1S/C15H13F3INOS/c1-20(8-19)14(22)11-5-3-4-10-9(11)6-7-12(21-2)13(10)15(16,17)18/h3-7H,8H2,1-2H3. The third-order valence-electron chi connectivity index (χ3n) is 3.28. The van der Waals surface area contributed by atoms with Gasteiger partial charge in [-0.1, -0.05) is 53.0 Å². The van der Waals surface area contributed by atoms with Crippen LogP contribution in [0.25, 0.3) is 10.8 Å². The van der Waals surface area contributed by atoms with E-state index in [1.807, 2.05) is 11.9 Å². The second-order valence-corrected chi connectivity index (χ2v) is 5.73. The molecular formula is C15H13F3INOS.